The molecule has 80 valence electrons. The summed E-state index contributed by atoms with van der Waals surface area (Å²) in [5.74, 6) is 0.0260. The molecule has 0 aromatic carbocycles. The highest BCUT2D eigenvalue weighted by molar-refractivity contribution is 9.09. The Balaban J connectivity index is 3.81. The van der Waals surface area contributed by atoms with Crippen molar-refractivity contribution in [1.82, 2.24) is 4.72 Å². The molecule has 0 aliphatic heterocycles. The Hall–Kier alpha value is 0.350. The molecule has 0 radical (unpaired) electrons. The molecule has 1 atom stereocenters. The summed E-state index contributed by atoms with van der Waals surface area (Å²) in [6, 6.07) is -0.0772. The second kappa shape index (κ2) is 6.75. The number of alkyl halides is 1. The van der Waals surface area contributed by atoms with Crippen LogP contribution in [0.5, 0.6) is 0 Å². The molecule has 1 N–H and O–H groups in total. The predicted octanol–water partition coefficient (Wildman–Crippen LogP) is 0.726. The molecule has 0 aliphatic carbocycles. The molecule has 0 bridgehead atoms. The maximum Gasteiger partial charge on any atom is 0.214 e. The number of hydrogen-bond donors (Lipinski definition) is 1. The molecule has 0 amide bonds. The largest absolute Gasteiger partial charge is 0.381 e. The van der Waals surface area contributed by atoms with Gasteiger partial charge in [0.15, 0.2) is 0 Å². The van der Waals surface area contributed by atoms with Crippen molar-refractivity contribution in [2.75, 3.05) is 24.3 Å². The van der Waals surface area contributed by atoms with Crippen molar-refractivity contribution in [3.8, 4) is 0 Å². The Morgan fingerprint density at radius 2 is 2.15 bits per heavy atom. The molecule has 0 fully saturated rings. The average Bonchev–Trinajstić information content (AvgIpc) is 2.03. The van der Waals surface area contributed by atoms with Crippen molar-refractivity contribution < 1.29 is 13.2 Å². The fourth-order valence-corrected chi connectivity index (χ4v) is 2.24. The van der Waals surface area contributed by atoms with Gasteiger partial charge >= 0.3 is 0 Å². The fourth-order valence-electron chi connectivity index (χ4n) is 0.710. The Kier molecular flexibility index (Phi) is 6.93. The van der Waals surface area contributed by atoms with Gasteiger partial charge in [0.1, 0.15) is 0 Å². The summed E-state index contributed by atoms with van der Waals surface area (Å²) in [5, 5.41) is 0.612. The second-order valence-corrected chi connectivity index (χ2v) is 5.21. The maximum atomic E-state index is 11.3. The van der Waals surface area contributed by atoms with Crippen LogP contribution in [-0.2, 0) is 14.8 Å². The van der Waals surface area contributed by atoms with Gasteiger partial charge in [-0.2, -0.15) is 0 Å². The van der Waals surface area contributed by atoms with Gasteiger partial charge in [-0.3, -0.25) is 0 Å². The molecule has 0 aromatic rings. The van der Waals surface area contributed by atoms with Gasteiger partial charge in [0.25, 0.3) is 0 Å². The van der Waals surface area contributed by atoms with Gasteiger partial charge in [0.2, 0.25) is 10.0 Å². The minimum Gasteiger partial charge on any atom is -0.381 e. The first kappa shape index (κ1) is 13.4. The van der Waals surface area contributed by atoms with Gasteiger partial charge in [-0.15, -0.1) is 0 Å². The van der Waals surface area contributed by atoms with Gasteiger partial charge in [0.05, 0.1) is 12.4 Å². The van der Waals surface area contributed by atoms with Gasteiger partial charge in [0, 0.05) is 18.0 Å². The first-order valence-corrected chi connectivity index (χ1v) is 6.93. The fraction of sp³-hybridized carbons (Fsp3) is 1.00. The van der Waals surface area contributed by atoms with Crippen molar-refractivity contribution in [3.05, 3.63) is 0 Å². The molecule has 4 nitrogen and oxygen atoms in total. The van der Waals surface area contributed by atoms with E-state index in [4.69, 9.17) is 4.74 Å². The normalized spacial score (nSPS) is 14.4. The number of nitrogens with one attached hydrogen (secondary N) is 1. The Morgan fingerprint density at radius 1 is 1.54 bits per heavy atom. The molecule has 1 unspecified atom stereocenters. The third-order valence-corrected chi connectivity index (χ3v) is 3.75. The highest BCUT2D eigenvalue weighted by Crippen LogP contribution is 1.93. The average molecular weight is 274 g/mol. The minimum atomic E-state index is -3.17. The molecule has 0 saturated carbocycles. The lowest BCUT2D eigenvalue weighted by molar-refractivity contribution is 0.163. The van der Waals surface area contributed by atoms with Crippen molar-refractivity contribution in [1.29, 1.82) is 0 Å². The molecule has 0 aliphatic rings. The summed E-state index contributed by atoms with van der Waals surface area (Å²) in [7, 11) is -3.17. The number of hydrogen-bond acceptors (Lipinski definition) is 3. The maximum absolute atomic E-state index is 11.3. The van der Waals surface area contributed by atoms with E-state index in [-0.39, 0.29) is 18.4 Å². The van der Waals surface area contributed by atoms with E-state index in [1.807, 2.05) is 6.92 Å². The number of ether oxygens (including phenoxy) is 1. The molecule has 6 heteroatoms. The van der Waals surface area contributed by atoms with Gasteiger partial charge < -0.3 is 4.74 Å². The van der Waals surface area contributed by atoms with Crippen molar-refractivity contribution >= 4 is 26.0 Å². The quantitative estimate of drug-likeness (QED) is 0.550. The second-order valence-electron chi connectivity index (χ2n) is 2.69. The van der Waals surface area contributed by atoms with E-state index >= 15 is 0 Å². The topological polar surface area (TPSA) is 55.4 Å². The molecule has 13 heavy (non-hydrogen) atoms. The lowest BCUT2D eigenvalue weighted by Gasteiger charge is -2.10. The number of rotatable bonds is 7. The monoisotopic (exact) mass is 273 g/mol. The summed E-state index contributed by atoms with van der Waals surface area (Å²) in [6.07, 6.45) is 0. The summed E-state index contributed by atoms with van der Waals surface area (Å²) >= 11 is 3.19. The Bertz CT molecular complexity index is 218. The third-order valence-electron chi connectivity index (χ3n) is 1.31. The van der Waals surface area contributed by atoms with E-state index in [0.717, 1.165) is 0 Å². The lowest BCUT2D eigenvalue weighted by atomic mass is 10.4. The first-order valence-electron chi connectivity index (χ1n) is 4.15. The zero-order valence-corrected chi connectivity index (χ0v) is 10.3. The highest BCUT2D eigenvalue weighted by atomic mass is 79.9. The number of halogens is 1. The predicted molar refractivity (Wildman–Crippen MR) is 56.7 cm³/mol. The Labute approximate surface area is 88.2 Å². The molecule has 0 spiro atoms. The molecule has 0 saturated heterocycles. The van der Waals surface area contributed by atoms with E-state index in [9.17, 15) is 8.42 Å². The summed E-state index contributed by atoms with van der Waals surface area (Å²) in [5.41, 5.74) is 0. The SMILES string of the molecule is CCOCCS(=O)(=O)NC(C)CBr. The molecule has 0 aromatic heterocycles. The lowest BCUT2D eigenvalue weighted by Crippen LogP contribution is -2.36. The van der Waals surface area contributed by atoms with Crippen molar-refractivity contribution in [3.63, 3.8) is 0 Å². The summed E-state index contributed by atoms with van der Waals surface area (Å²) in [6.45, 7) is 4.43. The zero-order valence-electron chi connectivity index (χ0n) is 7.92. The Morgan fingerprint density at radius 3 is 2.62 bits per heavy atom. The summed E-state index contributed by atoms with van der Waals surface area (Å²) in [4.78, 5) is 0. The van der Waals surface area contributed by atoms with E-state index in [1.165, 1.54) is 0 Å². The molecular formula is C7H16BrNO3S. The van der Waals surface area contributed by atoms with Crippen molar-refractivity contribution in [2.24, 2.45) is 0 Å². The smallest absolute Gasteiger partial charge is 0.214 e. The van der Waals surface area contributed by atoms with Crippen LogP contribution >= 0.6 is 15.9 Å². The first-order chi connectivity index (χ1) is 6.02. The molecule has 0 rings (SSSR count). The van der Waals surface area contributed by atoms with Gasteiger partial charge in [-0.25, -0.2) is 13.1 Å². The minimum absolute atomic E-state index is 0.0260. The van der Waals surface area contributed by atoms with Crippen LogP contribution in [0.15, 0.2) is 0 Å². The highest BCUT2D eigenvalue weighted by Gasteiger charge is 2.12. The standard InChI is InChI=1S/C7H16BrNO3S/c1-3-12-4-5-13(10,11)9-7(2)6-8/h7,9H,3-6H2,1-2H3. The van der Waals surface area contributed by atoms with Crippen LogP contribution in [0.4, 0.5) is 0 Å². The van der Waals surface area contributed by atoms with Crippen LogP contribution in [0.3, 0.4) is 0 Å². The zero-order chi connectivity index (χ0) is 10.3. The number of sulfonamides is 1. The van der Waals surface area contributed by atoms with Crippen LogP contribution in [0, 0.1) is 0 Å². The van der Waals surface area contributed by atoms with E-state index in [0.29, 0.717) is 11.9 Å². The van der Waals surface area contributed by atoms with Crippen LogP contribution < -0.4 is 4.72 Å². The summed E-state index contributed by atoms with van der Waals surface area (Å²) < 4.78 is 30.0. The van der Waals surface area contributed by atoms with Gasteiger partial charge in [-0.05, 0) is 13.8 Å². The van der Waals surface area contributed by atoms with E-state index < -0.39 is 10.0 Å². The molecule has 0 heterocycles. The van der Waals surface area contributed by atoms with Crippen LogP contribution in [0.2, 0.25) is 0 Å². The van der Waals surface area contributed by atoms with Crippen LogP contribution in [0.1, 0.15) is 13.8 Å². The molecular weight excluding hydrogens is 258 g/mol. The van der Waals surface area contributed by atoms with Crippen LogP contribution in [-0.4, -0.2) is 38.8 Å². The van der Waals surface area contributed by atoms with Gasteiger partial charge in [-0.1, -0.05) is 15.9 Å². The van der Waals surface area contributed by atoms with Crippen molar-refractivity contribution in [2.45, 2.75) is 19.9 Å². The van der Waals surface area contributed by atoms with E-state index in [2.05, 4.69) is 20.7 Å². The van der Waals surface area contributed by atoms with E-state index in [1.54, 1.807) is 6.92 Å². The van der Waals surface area contributed by atoms with Crippen LogP contribution in [0.25, 0.3) is 0 Å². The third kappa shape index (κ3) is 7.42.